The van der Waals surface area contributed by atoms with E-state index in [2.05, 4.69) is 15.4 Å². The zero-order valence-corrected chi connectivity index (χ0v) is 17.1. The summed E-state index contributed by atoms with van der Waals surface area (Å²) in [5.74, 6) is -0.302. The minimum atomic E-state index is -0.609. The molecule has 5 rings (SSSR count). The fourth-order valence-electron chi connectivity index (χ4n) is 3.80. The minimum Gasteiger partial charge on any atom is -0.461 e. The third-order valence-corrected chi connectivity index (χ3v) is 5.27. The van der Waals surface area contributed by atoms with Crippen LogP contribution in [0.3, 0.4) is 0 Å². The Morgan fingerprint density at radius 1 is 1.06 bits per heavy atom. The maximum atomic E-state index is 13.4. The van der Waals surface area contributed by atoms with Crippen LogP contribution in [-0.4, -0.2) is 28.2 Å². The van der Waals surface area contributed by atoms with E-state index in [9.17, 15) is 9.59 Å². The lowest BCUT2D eigenvalue weighted by atomic mass is 10.0. The van der Waals surface area contributed by atoms with Crippen LogP contribution in [0, 0.1) is 6.92 Å². The average molecular weight is 412 g/mol. The van der Waals surface area contributed by atoms with E-state index in [0.29, 0.717) is 11.5 Å². The molecule has 0 bridgehead atoms. The molecule has 0 radical (unpaired) electrons. The van der Waals surface area contributed by atoms with Crippen molar-refractivity contribution in [2.75, 3.05) is 11.9 Å². The number of anilines is 1. The first-order valence-electron chi connectivity index (χ1n) is 10.0. The van der Waals surface area contributed by atoms with E-state index in [1.54, 1.807) is 6.92 Å². The normalized spacial score (nSPS) is 12.4. The zero-order chi connectivity index (χ0) is 21.5. The Labute approximate surface area is 178 Å². The maximum absolute atomic E-state index is 13.4. The molecule has 7 heteroatoms. The fourth-order valence-corrected chi connectivity index (χ4v) is 3.80. The van der Waals surface area contributed by atoms with Crippen molar-refractivity contribution in [1.82, 2.24) is 9.78 Å². The third kappa shape index (κ3) is 3.11. The molecule has 0 spiro atoms. The predicted molar refractivity (Wildman–Crippen MR) is 121 cm³/mol. The van der Waals surface area contributed by atoms with Crippen LogP contribution in [0.15, 0.2) is 70.5 Å². The molecule has 7 nitrogen and oxygen atoms in total. The summed E-state index contributed by atoms with van der Waals surface area (Å²) in [7, 11) is 0. The highest BCUT2D eigenvalue weighted by Gasteiger charge is 2.28. The number of esters is 1. The first-order valence-corrected chi connectivity index (χ1v) is 10.0. The van der Waals surface area contributed by atoms with Crippen molar-refractivity contribution >= 4 is 34.0 Å². The van der Waals surface area contributed by atoms with Crippen LogP contribution in [-0.2, 0) is 4.74 Å². The van der Waals surface area contributed by atoms with Gasteiger partial charge in [-0.05, 0) is 43.5 Å². The van der Waals surface area contributed by atoms with E-state index in [4.69, 9.17) is 4.74 Å². The number of carbonyl (C=O) groups excluding carboxylic acids is 1. The summed E-state index contributed by atoms with van der Waals surface area (Å²) >= 11 is 0. The van der Waals surface area contributed by atoms with Gasteiger partial charge in [0.2, 0.25) is 0 Å². The van der Waals surface area contributed by atoms with Gasteiger partial charge in [-0.25, -0.2) is 14.5 Å². The van der Waals surface area contributed by atoms with Crippen molar-refractivity contribution < 1.29 is 9.53 Å². The largest absolute Gasteiger partial charge is 0.461 e. The Kier molecular flexibility index (Phi) is 4.43. The van der Waals surface area contributed by atoms with Gasteiger partial charge in [-0.3, -0.25) is 9.89 Å². The van der Waals surface area contributed by atoms with Crippen molar-refractivity contribution in [1.29, 1.82) is 0 Å². The molecule has 0 saturated heterocycles. The summed E-state index contributed by atoms with van der Waals surface area (Å²) in [6.07, 6.45) is 0. The number of aromatic amines is 1. The number of H-pyrrole nitrogens is 1. The highest BCUT2D eigenvalue weighted by molar-refractivity contribution is 6.21. The number of hydrogen-bond donors (Lipinski definition) is 2. The maximum Gasteiger partial charge on any atom is 0.357 e. The van der Waals surface area contributed by atoms with E-state index >= 15 is 0 Å². The monoisotopic (exact) mass is 412 g/mol. The number of nitrogens with zero attached hydrogens (tertiary/aromatic N) is 2. The van der Waals surface area contributed by atoms with Gasteiger partial charge >= 0.3 is 5.97 Å². The number of carbonyl (C=O) groups is 1. The van der Waals surface area contributed by atoms with E-state index < -0.39 is 5.97 Å². The van der Waals surface area contributed by atoms with Crippen molar-refractivity contribution in [3.05, 3.63) is 87.8 Å². The number of benzene rings is 3. The molecular formula is C24H20N4O3. The Bertz CT molecular complexity index is 1410. The van der Waals surface area contributed by atoms with Gasteiger partial charge < -0.3 is 10.1 Å². The summed E-state index contributed by atoms with van der Waals surface area (Å²) in [6.45, 7) is 3.88. The molecule has 0 amide bonds. The first-order chi connectivity index (χ1) is 15.1. The fraction of sp³-hybridized carbons (Fsp3) is 0.125. The quantitative estimate of drug-likeness (QED) is 0.489. The van der Waals surface area contributed by atoms with Crippen molar-refractivity contribution in [3.63, 3.8) is 0 Å². The second-order valence-electron chi connectivity index (χ2n) is 7.32. The molecule has 0 atom stereocenters. The van der Waals surface area contributed by atoms with Crippen LogP contribution in [0.2, 0.25) is 0 Å². The second-order valence-corrected chi connectivity index (χ2v) is 7.32. The number of aliphatic imine (C=N–C) groups is 1. The number of rotatable bonds is 4. The third-order valence-electron chi connectivity index (χ3n) is 5.27. The van der Waals surface area contributed by atoms with Gasteiger partial charge in [0.15, 0.2) is 5.69 Å². The lowest BCUT2D eigenvalue weighted by Crippen LogP contribution is -2.27. The van der Waals surface area contributed by atoms with Gasteiger partial charge in [0.1, 0.15) is 11.4 Å². The van der Waals surface area contributed by atoms with Crippen molar-refractivity contribution in [2.24, 2.45) is 4.99 Å². The number of ether oxygens (including phenoxy) is 1. The van der Waals surface area contributed by atoms with Gasteiger partial charge in [0, 0.05) is 11.1 Å². The smallest absolute Gasteiger partial charge is 0.357 e. The van der Waals surface area contributed by atoms with Gasteiger partial charge in [-0.2, -0.15) is 0 Å². The molecular weight excluding hydrogens is 392 g/mol. The molecule has 2 heterocycles. The molecule has 154 valence electrons. The lowest BCUT2D eigenvalue weighted by Gasteiger charge is -2.18. The molecule has 0 aliphatic carbocycles. The van der Waals surface area contributed by atoms with Crippen LogP contribution in [0.1, 0.15) is 28.5 Å². The van der Waals surface area contributed by atoms with Crippen LogP contribution in [0.5, 0.6) is 0 Å². The molecule has 1 aliphatic heterocycles. The Hall–Kier alpha value is -4.13. The standard InChI is InChI=1S/C24H20N4O3/c1-3-31-24(30)21-20(23(29)28(27-21)16-12-10-14(2)11-13-16)22-25-17-8-4-6-15-7-5-9-18(26-22)19(15)17/h4-13,27H,3H2,1-2H3,(H,25,26). The van der Waals surface area contributed by atoms with Crippen molar-refractivity contribution in [2.45, 2.75) is 13.8 Å². The summed E-state index contributed by atoms with van der Waals surface area (Å²) in [5.41, 5.74) is 3.07. The average Bonchev–Trinajstić information content (AvgIpc) is 3.12. The molecule has 1 aliphatic rings. The lowest BCUT2D eigenvalue weighted by molar-refractivity contribution is 0.0518. The number of amidine groups is 1. The SMILES string of the molecule is CCOC(=O)c1[nH]n(-c2ccc(C)cc2)c(=O)c1C1=Nc2cccc3cccc(c23)N1. The van der Waals surface area contributed by atoms with E-state index in [1.165, 1.54) is 4.68 Å². The Morgan fingerprint density at radius 3 is 2.55 bits per heavy atom. The Morgan fingerprint density at radius 2 is 1.81 bits per heavy atom. The number of aryl methyl sites for hydroxylation is 1. The predicted octanol–water partition coefficient (Wildman–Crippen LogP) is 4.31. The molecule has 0 fully saturated rings. The number of nitrogens with one attached hydrogen (secondary N) is 2. The Balaban J connectivity index is 1.72. The van der Waals surface area contributed by atoms with Crippen LogP contribution in [0.25, 0.3) is 16.5 Å². The van der Waals surface area contributed by atoms with Crippen LogP contribution < -0.4 is 10.9 Å². The number of hydrogen-bond acceptors (Lipinski definition) is 5. The topological polar surface area (TPSA) is 88.5 Å². The molecule has 31 heavy (non-hydrogen) atoms. The van der Waals surface area contributed by atoms with Crippen LogP contribution in [0.4, 0.5) is 11.4 Å². The molecule has 1 aromatic heterocycles. The van der Waals surface area contributed by atoms with Gasteiger partial charge in [0.25, 0.3) is 5.56 Å². The molecule has 2 N–H and O–H groups in total. The van der Waals surface area contributed by atoms with Crippen LogP contribution >= 0.6 is 0 Å². The van der Waals surface area contributed by atoms with Crippen molar-refractivity contribution in [3.8, 4) is 5.69 Å². The minimum absolute atomic E-state index is 0.0604. The van der Waals surface area contributed by atoms with Gasteiger partial charge in [0.05, 0.1) is 18.0 Å². The van der Waals surface area contributed by atoms with Gasteiger partial charge in [-0.1, -0.05) is 42.0 Å². The molecule has 0 saturated carbocycles. The van der Waals surface area contributed by atoms with Gasteiger partial charge in [-0.15, -0.1) is 0 Å². The molecule has 3 aromatic carbocycles. The highest BCUT2D eigenvalue weighted by atomic mass is 16.5. The summed E-state index contributed by atoms with van der Waals surface area (Å²) < 4.78 is 6.54. The molecule has 4 aromatic rings. The first kappa shape index (κ1) is 18.9. The van der Waals surface area contributed by atoms with E-state index in [0.717, 1.165) is 27.7 Å². The van der Waals surface area contributed by atoms with E-state index in [-0.39, 0.29) is 23.4 Å². The van der Waals surface area contributed by atoms with E-state index in [1.807, 2.05) is 67.6 Å². The highest BCUT2D eigenvalue weighted by Crippen LogP contribution is 2.36. The zero-order valence-electron chi connectivity index (χ0n) is 17.1. The summed E-state index contributed by atoms with van der Waals surface area (Å²) in [5, 5.41) is 8.18. The number of aromatic nitrogens is 2. The second kappa shape index (κ2) is 7.28. The summed E-state index contributed by atoms with van der Waals surface area (Å²) in [4.78, 5) is 30.8. The molecule has 0 unspecified atom stereocenters. The summed E-state index contributed by atoms with van der Waals surface area (Å²) in [6, 6.07) is 19.1.